The van der Waals surface area contributed by atoms with E-state index in [0.29, 0.717) is 43.1 Å². The lowest BCUT2D eigenvalue weighted by molar-refractivity contribution is -0.955. The average molecular weight is 889 g/mol. The van der Waals surface area contributed by atoms with E-state index in [4.69, 9.17) is 28.4 Å². The van der Waals surface area contributed by atoms with Crippen molar-refractivity contribution in [2.45, 2.75) is 80.8 Å². The molecule has 14 unspecified atom stereocenters. The summed E-state index contributed by atoms with van der Waals surface area (Å²) in [6.45, 7) is 7.74. The van der Waals surface area contributed by atoms with Gasteiger partial charge in [-0.3, -0.25) is 0 Å². The molecule has 10 aliphatic rings. The smallest absolute Gasteiger partial charge is 0.161 e. The third kappa shape index (κ3) is 5.22. The topological polar surface area (TPSA) is 61.9 Å². The van der Waals surface area contributed by atoms with Gasteiger partial charge in [0.1, 0.15) is 44.7 Å². The Labute approximate surface area is 389 Å². The van der Waals surface area contributed by atoms with Gasteiger partial charge in [-0.05, 0) is 71.3 Å². The van der Waals surface area contributed by atoms with Crippen molar-refractivity contribution in [3.8, 4) is 23.0 Å². The van der Waals surface area contributed by atoms with E-state index in [1.165, 1.54) is 48.3 Å². The monoisotopic (exact) mass is 888 g/mol. The number of piperidine rings is 2. The molecule has 10 nitrogen and oxygen atoms in total. The molecule has 0 N–H and O–H groups in total. The number of fused-ring (bicyclic) bond motifs is 4. The molecule has 2 saturated carbocycles. The summed E-state index contributed by atoms with van der Waals surface area (Å²) in [5, 5.41) is 0. The van der Waals surface area contributed by atoms with Gasteiger partial charge in [-0.1, -0.05) is 48.6 Å². The van der Waals surface area contributed by atoms with E-state index >= 15 is 0 Å². The molecule has 8 heterocycles. The number of para-hydroxylation sites is 2. The second-order valence-electron chi connectivity index (χ2n) is 21.7. The van der Waals surface area contributed by atoms with Gasteiger partial charge in [-0.2, -0.15) is 0 Å². The number of hydrogen-bond donors (Lipinski definition) is 0. The normalized spacial score (nSPS) is 39.1. The summed E-state index contributed by atoms with van der Waals surface area (Å²) >= 11 is 0. The van der Waals surface area contributed by atoms with Crippen molar-refractivity contribution in [2.75, 3.05) is 77.6 Å². The van der Waals surface area contributed by atoms with Crippen molar-refractivity contribution in [3.05, 3.63) is 131 Å². The highest BCUT2D eigenvalue weighted by molar-refractivity contribution is 5.68. The number of hydrogen-bond acceptors (Lipinski definition) is 8. The van der Waals surface area contributed by atoms with Crippen LogP contribution in [-0.4, -0.2) is 113 Å². The van der Waals surface area contributed by atoms with Gasteiger partial charge >= 0.3 is 0 Å². The second-order valence-corrected chi connectivity index (χ2v) is 21.7. The van der Waals surface area contributed by atoms with Gasteiger partial charge in [0.15, 0.2) is 23.0 Å². The molecule has 5 saturated heterocycles. The maximum absolute atomic E-state index is 7.69. The fourth-order valence-corrected chi connectivity index (χ4v) is 17.5. The van der Waals surface area contributed by atoms with Crippen LogP contribution in [0.25, 0.3) is 0 Å². The van der Waals surface area contributed by atoms with Gasteiger partial charge in [-0.15, -0.1) is 0 Å². The standard InChI is InChI=1S/C56H64N4O6/c1-61-45-16-14-34(26-47(45)63-3)30-59-22-18-39-44(59)28-40-36(32-59)19-24-65-54-50(40)52(39)57(38-10-6-5-7-11-38)55-51-41-29-49-56(42-12-8-9-13-43(42)58(54)53(51)56)21-23-60(49,33-37(41)20-25-66-55)31-35-15-17-46(62-2)48(27-35)64-4/h5-17,19-20,26-27,39-41,44,49-55H,18,21-25,28-33H2,1-4H3/q+2. The molecule has 1 spiro atoms. The van der Waals surface area contributed by atoms with E-state index in [-0.39, 0.29) is 41.8 Å². The van der Waals surface area contributed by atoms with E-state index in [2.05, 4.69) is 113 Å². The minimum atomic E-state index is -0.0777. The summed E-state index contributed by atoms with van der Waals surface area (Å²) in [5.41, 5.74) is 10.2. The highest BCUT2D eigenvalue weighted by Crippen LogP contribution is 2.70. The molecule has 0 amide bonds. The second kappa shape index (κ2) is 14.5. The zero-order valence-electron chi connectivity index (χ0n) is 38.9. The minimum Gasteiger partial charge on any atom is -0.493 e. The summed E-state index contributed by atoms with van der Waals surface area (Å²) in [6, 6.07) is 36.0. The van der Waals surface area contributed by atoms with E-state index in [1.807, 2.05) is 0 Å². The van der Waals surface area contributed by atoms with Gasteiger partial charge in [0.25, 0.3) is 0 Å². The Balaban J connectivity index is 0.946. The van der Waals surface area contributed by atoms with Crippen LogP contribution in [-0.2, 0) is 28.0 Å². The van der Waals surface area contributed by atoms with Gasteiger partial charge in [0, 0.05) is 83.8 Å². The van der Waals surface area contributed by atoms with Crippen LogP contribution in [0.1, 0.15) is 42.4 Å². The SMILES string of the molecule is COc1ccc(C[N+]23CCC4C5C6C(CC42)C(=CCOC6N2c4ccccc4C46CC[N+]7(Cc8ccc(OC)c(OC)c8)CC8=CCOC(C(C8CC47)C26)N5c2ccccc2)C3)cc1OC. The number of anilines is 2. The third-order valence-electron chi connectivity index (χ3n) is 19.6. The number of rotatable bonds is 9. The van der Waals surface area contributed by atoms with E-state index in [9.17, 15) is 0 Å². The predicted molar refractivity (Wildman–Crippen MR) is 253 cm³/mol. The predicted octanol–water partition coefficient (Wildman–Crippen LogP) is 8.10. The molecule has 10 heteroatoms. The molecule has 0 aromatic heterocycles. The zero-order chi connectivity index (χ0) is 44.1. The van der Waals surface area contributed by atoms with Crippen molar-refractivity contribution < 1.29 is 37.4 Å². The van der Waals surface area contributed by atoms with Crippen LogP contribution in [0.2, 0.25) is 0 Å². The van der Waals surface area contributed by atoms with Crippen LogP contribution in [0.4, 0.5) is 11.4 Å². The van der Waals surface area contributed by atoms with Gasteiger partial charge in [-0.25, -0.2) is 0 Å². The number of quaternary nitrogens is 2. The molecule has 7 fully saturated rings. The third-order valence-corrected chi connectivity index (χ3v) is 19.6. The van der Waals surface area contributed by atoms with Crippen molar-refractivity contribution in [2.24, 2.45) is 29.6 Å². The number of methoxy groups -OCH3 is 4. The Kier molecular flexibility index (Phi) is 8.81. The lowest BCUT2D eigenvalue weighted by Crippen LogP contribution is -2.77. The molecule has 2 aliphatic carbocycles. The molecular formula is C56H64N4O6+2. The summed E-state index contributed by atoms with van der Waals surface area (Å²) in [5.74, 6) is 5.08. The zero-order valence-corrected chi connectivity index (χ0v) is 38.9. The first-order valence-corrected chi connectivity index (χ1v) is 24.9. The first-order valence-electron chi connectivity index (χ1n) is 24.9. The number of benzene rings is 4. The van der Waals surface area contributed by atoms with Gasteiger partial charge < -0.3 is 47.2 Å². The average Bonchev–Trinajstić information content (AvgIpc) is 3.89. The molecule has 0 radical (unpaired) electrons. The summed E-state index contributed by atoms with van der Waals surface area (Å²) in [4.78, 5) is 5.90. The van der Waals surface area contributed by atoms with Crippen LogP contribution in [0.15, 0.2) is 114 Å². The van der Waals surface area contributed by atoms with Crippen LogP contribution in [0, 0.1) is 29.6 Å². The highest BCUT2D eigenvalue weighted by atomic mass is 16.5. The van der Waals surface area contributed by atoms with Crippen LogP contribution in [0.5, 0.6) is 23.0 Å². The lowest BCUT2D eigenvalue weighted by atomic mass is 9.53. The largest absolute Gasteiger partial charge is 0.493 e. The summed E-state index contributed by atoms with van der Waals surface area (Å²) < 4.78 is 40.7. The van der Waals surface area contributed by atoms with Crippen molar-refractivity contribution >= 4 is 11.4 Å². The van der Waals surface area contributed by atoms with Crippen LogP contribution in [0.3, 0.4) is 0 Å². The summed E-state index contributed by atoms with van der Waals surface area (Å²) in [6.07, 6.45) is 9.70. The van der Waals surface area contributed by atoms with Crippen LogP contribution >= 0.6 is 0 Å². The van der Waals surface area contributed by atoms with Crippen LogP contribution < -0.4 is 28.7 Å². The van der Waals surface area contributed by atoms with Crippen molar-refractivity contribution in [3.63, 3.8) is 0 Å². The molecule has 4 aromatic carbocycles. The maximum atomic E-state index is 7.69. The minimum absolute atomic E-state index is 0.0461. The fraction of sp³-hybridized carbons (Fsp3) is 0.500. The molecule has 14 atom stereocenters. The van der Waals surface area contributed by atoms with Gasteiger partial charge in [0.05, 0.1) is 72.2 Å². The molecule has 342 valence electrons. The van der Waals surface area contributed by atoms with Gasteiger partial charge in [0.2, 0.25) is 0 Å². The number of nitrogens with zero attached hydrogens (tertiary/aromatic N) is 4. The molecular weight excluding hydrogens is 825 g/mol. The van der Waals surface area contributed by atoms with E-state index in [0.717, 1.165) is 71.1 Å². The Morgan fingerprint density at radius 1 is 0.636 bits per heavy atom. The maximum Gasteiger partial charge on any atom is 0.161 e. The Morgan fingerprint density at radius 2 is 1.26 bits per heavy atom. The van der Waals surface area contributed by atoms with Crippen molar-refractivity contribution in [1.82, 2.24) is 0 Å². The molecule has 66 heavy (non-hydrogen) atoms. The summed E-state index contributed by atoms with van der Waals surface area (Å²) in [7, 11) is 6.98. The molecule has 14 rings (SSSR count). The molecule has 8 aliphatic heterocycles. The Bertz CT molecular complexity index is 2670. The highest BCUT2D eigenvalue weighted by Gasteiger charge is 2.77. The van der Waals surface area contributed by atoms with E-state index < -0.39 is 0 Å². The Morgan fingerprint density at radius 3 is 1.95 bits per heavy atom. The molecule has 4 bridgehead atoms. The first-order chi connectivity index (χ1) is 32.4. The Hall–Kier alpha value is -5.00. The number of ether oxygens (including phenoxy) is 6. The fourth-order valence-electron chi connectivity index (χ4n) is 17.5. The lowest BCUT2D eigenvalue weighted by Gasteiger charge is -2.65. The van der Waals surface area contributed by atoms with E-state index in [1.54, 1.807) is 45.1 Å². The van der Waals surface area contributed by atoms with Crippen molar-refractivity contribution in [1.29, 1.82) is 0 Å². The molecule has 4 aromatic rings. The quantitative estimate of drug-likeness (QED) is 0.124. The first kappa shape index (κ1) is 40.1.